The summed E-state index contributed by atoms with van der Waals surface area (Å²) in [5.41, 5.74) is 0.0611. The number of nitrogens with one attached hydrogen (secondary N) is 1. The van der Waals surface area contributed by atoms with Crippen molar-refractivity contribution in [3.63, 3.8) is 0 Å². The minimum absolute atomic E-state index is 0.142. The number of rotatable bonds is 7. The van der Waals surface area contributed by atoms with Gasteiger partial charge in [-0.15, -0.1) is 0 Å². The number of aromatic nitrogens is 2. The summed E-state index contributed by atoms with van der Waals surface area (Å²) in [5, 5.41) is 18.0. The second-order valence-electron chi connectivity index (χ2n) is 7.13. The van der Waals surface area contributed by atoms with Crippen LogP contribution in [0.1, 0.15) is 44.6 Å². The Morgan fingerprint density at radius 2 is 1.84 bits per heavy atom. The summed E-state index contributed by atoms with van der Waals surface area (Å²) in [6, 6.07) is 7.02. The molecular formula is C19H27N3O3. The van der Waals surface area contributed by atoms with Gasteiger partial charge in [0.15, 0.2) is 5.69 Å². The standard InChI is InChI=1S/C19H27N3O3/c1-12(2)11-22-19(25)15-8-6-5-7-14(15)17(21-22)18(24)20-10-9-16(23)13(3)4/h5-8,12-13,16,23H,9-11H2,1-4H3,(H,20,24). The molecule has 1 aromatic carbocycles. The van der Waals surface area contributed by atoms with Gasteiger partial charge >= 0.3 is 0 Å². The Labute approximate surface area is 147 Å². The summed E-state index contributed by atoms with van der Waals surface area (Å²) in [5.74, 6) is 0.0527. The molecule has 1 aromatic heterocycles. The van der Waals surface area contributed by atoms with Crippen molar-refractivity contribution >= 4 is 16.7 Å². The molecule has 0 saturated heterocycles. The number of aliphatic hydroxyl groups is 1. The molecule has 0 aliphatic heterocycles. The van der Waals surface area contributed by atoms with Gasteiger partial charge in [0.1, 0.15) is 0 Å². The van der Waals surface area contributed by atoms with E-state index in [1.165, 1.54) is 4.68 Å². The zero-order chi connectivity index (χ0) is 18.6. The minimum Gasteiger partial charge on any atom is -0.393 e. The van der Waals surface area contributed by atoms with Crippen LogP contribution in [0.5, 0.6) is 0 Å². The number of carbonyl (C=O) groups excluding carboxylic acids is 1. The molecule has 0 saturated carbocycles. The normalized spacial score (nSPS) is 12.8. The first kappa shape index (κ1) is 19.1. The van der Waals surface area contributed by atoms with E-state index in [2.05, 4.69) is 10.4 Å². The lowest BCUT2D eigenvalue weighted by Crippen LogP contribution is -2.33. The van der Waals surface area contributed by atoms with Crippen molar-refractivity contribution in [3.05, 3.63) is 40.3 Å². The highest BCUT2D eigenvalue weighted by molar-refractivity contribution is 6.04. The molecule has 0 spiro atoms. The molecule has 6 nitrogen and oxygen atoms in total. The molecular weight excluding hydrogens is 318 g/mol. The Morgan fingerprint density at radius 3 is 2.44 bits per heavy atom. The van der Waals surface area contributed by atoms with E-state index < -0.39 is 6.10 Å². The van der Waals surface area contributed by atoms with Crippen LogP contribution in [0.4, 0.5) is 0 Å². The quantitative estimate of drug-likeness (QED) is 0.806. The molecule has 0 aliphatic rings. The molecule has 2 N–H and O–H groups in total. The maximum atomic E-state index is 12.6. The summed E-state index contributed by atoms with van der Waals surface area (Å²) in [4.78, 5) is 25.1. The Bertz CT molecular complexity index is 796. The first-order chi connectivity index (χ1) is 11.8. The number of carbonyl (C=O) groups is 1. The highest BCUT2D eigenvalue weighted by Gasteiger charge is 2.17. The molecule has 1 amide bonds. The van der Waals surface area contributed by atoms with Gasteiger partial charge in [0.25, 0.3) is 11.5 Å². The predicted octanol–water partition coefficient (Wildman–Crippen LogP) is 2.19. The van der Waals surface area contributed by atoms with Crippen LogP contribution < -0.4 is 10.9 Å². The molecule has 1 atom stereocenters. The Hall–Kier alpha value is -2.21. The monoisotopic (exact) mass is 345 g/mol. The lowest BCUT2D eigenvalue weighted by atomic mass is 10.0. The van der Waals surface area contributed by atoms with Gasteiger partial charge in [-0.3, -0.25) is 9.59 Å². The van der Waals surface area contributed by atoms with Gasteiger partial charge in [-0.25, -0.2) is 4.68 Å². The van der Waals surface area contributed by atoms with Gasteiger partial charge in [0.05, 0.1) is 11.5 Å². The fourth-order valence-corrected chi connectivity index (χ4v) is 2.62. The number of amides is 1. The third-order valence-electron chi connectivity index (χ3n) is 4.12. The van der Waals surface area contributed by atoms with E-state index in [9.17, 15) is 14.7 Å². The minimum atomic E-state index is -0.458. The highest BCUT2D eigenvalue weighted by atomic mass is 16.3. The lowest BCUT2D eigenvalue weighted by Gasteiger charge is -2.15. The van der Waals surface area contributed by atoms with E-state index in [1.807, 2.05) is 27.7 Å². The van der Waals surface area contributed by atoms with Crippen LogP contribution in [0.15, 0.2) is 29.1 Å². The van der Waals surface area contributed by atoms with Crippen LogP contribution in [0, 0.1) is 11.8 Å². The maximum absolute atomic E-state index is 12.6. The van der Waals surface area contributed by atoms with Crippen LogP contribution in [0.3, 0.4) is 0 Å². The number of hydrogen-bond acceptors (Lipinski definition) is 4. The van der Waals surface area contributed by atoms with Crippen LogP contribution >= 0.6 is 0 Å². The van der Waals surface area contributed by atoms with Gasteiger partial charge in [0.2, 0.25) is 0 Å². The van der Waals surface area contributed by atoms with Crippen molar-refractivity contribution in [1.82, 2.24) is 15.1 Å². The molecule has 2 aromatic rings. The topological polar surface area (TPSA) is 84.2 Å². The van der Waals surface area contributed by atoms with Crippen molar-refractivity contribution in [3.8, 4) is 0 Å². The van der Waals surface area contributed by atoms with Gasteiger partial charge in [0, 0.05) is 18.5 Å². The largest absolute Gasteiger partial charge is 0.393 e. The molecule has 0 bridgehead atoms. The number of fused-ring (bicyclic) bond motifs is 1. The van der Waals surface area contributed by atoms with Crippen LogP contribution in [-0.4, -0.2) is 33.4 Å². The van der Waals surface area contributed by atoms with Crippen molar-refractivity contribution in [2.75, 3.05) is 6.54 Å². The molecule has 25 heavy (non-hydrogen) atoms. The van der Waals surface area contributed by atoms with Crippen molar-refractivity contribution in [2.45, 2.75) is 46.8 Å². The van der Waals surface area contributed by atoms with E-state index in [0.717, 1.165) is 0 Å². The zero-order valence-electron chi connectivity index (χ0n) is 15.3. The molecule has 6 heteroatoms. The Morgan fingerprint density at radius 1 is 1.20 bits per heavy atom. The lowest BCUT2D eigenvalue weighted by molar-refractivity contribution is 0.0915. The molecule has 136 valence electrons. The zero-order valence-corrected chi connectivity index (χ0v) is 15.3. The van der Waals surface area contributed by atoms with Gasteiger partial charge in [-0.05, 0) is 24.3 Å². The average Bonchev–Trinajstić information content (AvgIpc) is 2.56. The van der Waals surface area contributed by atoms with E-state index in [1.54, 1.807) is 24.3 Å². The van der Waals surface area contributed by atoms with E-state index in [-0.39, 0.29) is 29.0 Å². The van der Waals surface area contributed by atoms with E-state index in [0.29, 0.717) is 30.3 Å². The Kier molecular flexibility index (Phi) is 6.31. The van der Waals surface area contributed by atoms with Gasteiger partial charge < -0.3 is 10.4 Å². The van der Waals surface area contributed by atoms with Crippen LogP contribution in [0.25, 0.3) is 10.8 Å². The summed E-state index contributed by atoms with van der Waals surface area (Å²) < 4.78 is 1.37. The first-order valence-corrected chi connectivity index (χ1v) is 8.77. The third kappa shape index (κ3) is 4.66. The fourth-order valence-electron chi connectivity index (χ4n) is 2.62. The smallest absolute Gasteiger partial charge is 0.274 e. The number of benzene rings is 1. The molecule has 1 unspecified atom stereocenters. The summed E-state index contributed by atoms with van der Waals surface area (Å²) in [6.45, 7) is 8.67. The van der Waals surface area contributed by atoms with E-state index >= 15 is 0 Å². The highest BCUT2D eigenvalue weighted by Crippen LogP contribution is 2.14. The van der Waals surface area contributed by atoms with E-state index in [4.69, 9.17) is 0 Å². The number of hydrogen-bond donors (Lipinski definition) is 2. The molecule has 1 heterocycles. The molecule has 0 radical (unpaired) electrons. The molecule has 0 aliphatic carbocycles. The predicted molar refractivity (Wildman–Crippen MR) is 98.6 cm³/mol. The van der Waals surface area contributed by atoms with Crippen molar-refractivity contribution in [2.24, 2.45) is 11.8 Å². The fraction of sp³-hybridized carbons (Fsp3) is 0.526. The summed E-state index contributed by atoms with van der Waals surface area (Å²) >= 11 is 0. The van der Waals surface area contributed by atoms with Crippen molar-refractivity contribution < 1.29 is 9.90 Å². The first-order valence-electron chi connectivity index (χ1n) is 8.77. The number of nitrogens with zero attached hydrogens (tertiary/aromatic N) is 2. The third-order valence-corrected chi connectivity index (χ3v) is 4.12. The summed E-state index contributed by atoms with van der Waals surface area (Å²) in [6.07, 6.45) is 0.0207. The maximum Gasteiger partial charge on any atom is 0.274 e. The second kappa shape index (κ2) is 8.25. The average molecular weight is 345 g/mol. The SMILES string of the molecule is CC(C)Cn1nc(C(=O)NCCC(O)C(C)C)c2ccccc2c1=O. The van der Waals surface area contributed by atoms with Crippen molar-refractivity contribution in [1.29, 1.82) is 0 Å². The number of aliphatic hydroxyl groups excluding tert-OH is 1. The Balaban J connectivity index is 2.31. The second-order valence-corrected chi connectivity index (χ2v) is 7.13. The molecule has 2 rings (SSSR count). The summed E-state index contributed by atoms with van der Waals surface area (Å²) in [7, 11) is 0. The van der Waals surface area contributed by atoms with Crippen LogP contribution in [-0.2, 0) is 6.54 Å². The van der Waals surface area contributed by atoms with Crippen LogP contribution in [0.2, 0.25) is 0 Å². The molecule has 0 fully saturated rings. The van der Waals surface area contributed by atoms with Gasteiger partial charge in [-0.2, -0.15) is 5.10 Å². The van der Waals surface area contributed by atoms with Gasteiger partial charge in [-0.1, -0.05) is 45.9 Å².